The van der Waals surface area contributed by atoms with Crippen molar-refractivity contribution in [1.82, 2.24) is 0 Å². The molecule has 0 aromatic rings. The van der Waals surface area contributed by atoms with Gasteiger partial charge in [0.1, 0.15) is 0 Å². The average molecular weight is 391 g/mol. The molecule has 2 nitrogen and oxygen atoms in total. The van der Waals surface area contributed by atoms with Gasteiger partial charge in [0.15, 0.2) is 0 Å². The molecule has 0 saturated carbocycles. The summed E-state index contributed by atoms with van der Waals surface area (Å²) in [4.78, 5) is 10.3. The first-order valence-corrected chi connectivity index (χ1v) is 13.2. The molecule has 0 aromatic carbocycles. The van der Waals surface area contributed by atoms with Gasteiger partial charge in [-0.1, -0.05) is 26.7 Å². The van der Waals surface area contributed by atoms with Crippen LogP contribution in [0.15, 0.2) is 0 Å². The van der Waals surface area contributed by atoms with Gasteiger partial charge in [0.25, 0.3) is 0 Å². The van der Waals surface area contributed by atoms with Gasteiger partial charge in [-0.2, -0.15) is 0 Å². The van der Waals surface area contributed by atoms with E-state index >= 15 is 0 Å². The van der Waals surface area contributed by atoms with Crippen LogP contribution in [0.2, 0.25) is 11.8 Å². The Morgan fingerprint density at radius 3 is 1.50 bits per heavy atom. The minimum absolute atomic E-state index is 0.222. The molecule has 0 aromatic heterocycles. The molecule has 0 spiro atoms. The molecule has 120 valence electrons. The molecule has 0 aliphatic rings. The van der Waals surface area contributed by atoms with E-state index in [1.807, 2.05) is 6.92 Å². The van der Waals surface area contributed by atoms with Crippen LogP contribution in [0.5, 0.6) is 0 Å². The van der Waals surface area contributed by atoms with Gasteiger partial charge in [-0.25, -0.2) is 0 Å². The number of carboxylic acid groups (broad SMARTS) is 1. The zero-order chi connectivity index (χ0) is 16.3. The fourth-order valence-electron chi connectivity index (χ4n) is 2.94. The van der Waals surface area contributed by atoms with E-state index in [2.05, 4.69) is 48.5 Å². The molecule has 0 saturated heterocycles. The number of aliphatic carboxylic acids is 1. The SMILES string of the molecule is CCCCC(CC)C(=O)[O-].C[CH](C)[Sn+]([CH](C)C)[CH](C)C. The molecule has 0 amide bonds. The quantitative estimate of drug-likeness (QED) is 0.565. The van der Waals surface area contributed by atoms with E-state index in [9.17, 15) is 9.90 Å². The van der Waals surface area contributed by atoms with Crippen LogP contribution >= 0.6 is 0 Å². The normalized spacial score (nSPS) is 12.3. The van der Waals surface area contributed by atoms with Gasteiger partial charge in [0, 0.05) is 5.97 Å². The molecule has 3 heteroatoms. The minimum atomic E-state index is -1.01. The maximum atomic E-state index is 10.3. The predicted octanol–water partition coefficient (Wildman–Crippen LogP) is 4.66. The third-order valence-electron chi connectivity index (χ3n) is 3.73. The number of hydrogen-bond acceptors (Lipinski definition) is 2. The molecule has 0 N–H and O–H groups in total. The van der Waals surface area contributed by atoms with E-state index in [-0.39, 0.29) is 5.92 Å². The van der Waals surface area contributed by atoms with Crippen molar-refractivity contribution >= 4 is 25.7 Å². The Bertz CT molecular complexity index is 218. The van der Waals surface area contributed by atoms with E-state index in [4.69, 9.17) is 0 Å². The predicted molar refractivity (Wildman–Crippen MR) is 89.4 cm³/mol. The number of carbonyl (C=O) groups is 1. The first-order valence-electron chi connectivity index (χ1n) is 8.26. The summed E-state index contributed by atoms with van der Waals surface area (Å²) in [6.45, 7) is 18.4. The van der Waals surface area contributed by atoms with Crippen molar-refractivity contribution in [2.45, 2.75) is 92.9 Å². The van der Waals surface area contributed by atoms with Crippen LogP contribution in [0.4, 0.5) is 0 Å². The Balaban J connectivity index is 0. The van der Waals surface area contributed by atoms with Crippen molar-refractivity contribution in [2.75, 3.05) is 0 Å². The zero-order valence-electron chi connectivity index (χ0n) is 15.0. The molecule has 0 bridgehead atoms. The van der Waals surface area contributed by atoms with Crippen LogP contribution in [-0.4, -0.2) is 25.7 Å². The van der Waals surface area contributed by atoms with E-state index in [0.29, 0.717) is 6.42 Å². The van der Waals surface area contributed by atoms with Crippen molar-refractivity contribution in [2.24, 2.45) is 5.92 Å². The Morgan fingerprint density at radius 2 is 1.35 bits per heavy atom. The molecule has 0 aliphatic carbocycles. The third-order valence-corrected chi connectivity index (χ3v) is 15.1. The molecular weight excluding hydrogens is 355 g/mol. The molecule has 20 heavy (non-hydrogen) atoms. The molecular formula is C17H36O2Sn. The third kappa shape index (κ3) is 11.0. The molecule has 0 rings (SSSR count). The molecule has 1 atom stereocenters. The number of carboxylic acids is 1. The fourth-order valence-corrected chi connectivity index (χ4v) is 14.4. The Labute approximate surface area is 134 Å². The molecule has 0 heterocycles. The van der Waals surface area contributed by atoms with Crippen molar-refractivity contribution in [1.29, 1.82) is 0 Å². The zero-order valence-corrected chi connectivity index (χ0v) is 17.8. The van der Waals surface area contributed by atoms with Crippen molar-refractivity contribution in [3.63, 3.8) is 0 Å². The monoisotopic (exact) mass is 392 g/mol. The first-order chi connectivity index (χ1) is 9.18. The Hall–Kier alpha value is 0.269. The number of unbranched alkanes of at least 4 members (excludes halogenated alkanes) is 1. The van der Waals surface area contributed by atoms with Gasteiger partial charge in [-0.05, 0) is 18.8 Å². The van der Waals surface area contributed by atoms with Gasteiger partial charge in [-0.3, -0.25) is 0 Å². The van der Waals surface area contributed by atoms with Gasteiger partial charge < -0.3 is 9.90 Å². The van der Waals surface area contributed by atoms with Gasteiger partial charge in [-0.15, -0.1) is 0 Å². The summed E-state index contributed by atoms with van der Waals surface area (Å²) >= 11 is -1.01. The number of hydrogen-bond donors (Lipinski definition) is 0. The fraction of sp³-hybridized carbons (Fsp3) is 0.941. The van der Waals surface area contributed by atoms with Crippen molar-refractivity contribution in [3.8, 4) is 0 Å². The standard InChI is InChI=1S/C8H16O2.3C3H7.Sn/c1-3-5-6-7(4-2)8(9)10;3*1-3-2;/h7H,3-6H2,1-2H3,(H,9,10);3*3H,1-2H3;/q;;;;+1/p-1. The molecule has 0 radical (unpaired) electrons. The number of carbonyl (C=O) groups excluding carboxylic acids is 1. The second-order valence-electron chi connectivity index (χ2n) is 6.53. The van der Waals surface area contributed by atoms with Crippen molar-refractivity contribution < 1.29 is 9.90 Å². The summed E-state index contributed by atoms with van der Waals surface area (Å²) in [5, 5.41) is 10.3. The summed E-state index contributed by atoms with van der Waals surface area (Å²) in [6.07, 6.45) is 3.52. The summed E-state index contributed by atoms with van der Waals surface area (Å²) in [5.74, 6) is -1.11. The summed E-state index contributed by atoms with van der Waals surface area (Å²) < 4.78 is 3.09. The van der Waals surface area contributed by atoms with Crippen LogP contribution in [0.3, 0.4) is 0 Å². The van der Waals surface area contributed by atoms with E-state index in [1.54, 1.807) is 0 Å². The second kappa shape index (κ2) is 13.0. The topological polar surface area (TPSA) is 40.1 Å². The van der Waals surface area contributed by atoms with Crippen LogP contribution in [-0.2, 0) is 4.79 Å². The summed E-state index contributed by atoms with van der Waals surface area (Å²) in [5.41, 5.74) is 0. The van der Waals surface area contributed by atoms with Crippen LogP contribution in [0, 0.1) is 5.92 Å². The van der Waals surface area contributed by atoms with E-state index in [0.717, 1.165) is 31.1 Å². The Kier molecular flexibility index (Phi) is 14.6. The summed E-state index contributed by atoms with van der Waals surface area (Å²) in [7, 11) is 0. The van der Waals surface area contributed by atoms with E-state index < -0.39 is 25.7 Å². The molecule has 0 fully saturated rings. The van der Waals surface area contributed by atoms with Gasteiger partial charge in [0.2, 0.25) is 0 Å². The van der Waals surface area contributed by atoms with Crippen LogP contribution in [0.1, 0.15) is 81.1 Å². The van der Waals surface area contributed by atoms with Crippen LogP contribution in [0.25, 0.3) is 0 Å². The first kappa shape index (κ1) is 22.5. The molecule has 0 aliphatic heterocycles. The Morgan fingerprint density at radius 1 is 0.950 bits per heavy atom. The molecule has 1 unspecified atom stereocenters. The van der Waals surface area contributed by atoms with Crippen LogP contribution < -0.4 is 5.11 Å². The number of rotatable bonds is 8. The second-order valence-corrected chi connectivity index (χ2v) is 19.3. The maximum absolute atomic E-state index is 10.3. The summed E-state index contributed by atoms with van der Waals surface area (Å²) in [6, 6.07) is 0. The van der Waals surface area contributed by atoms with E-state index in [1.165, 1.54) is 0 Å². The van der Waals surface area contributed by atoms with Gasteiger partial charge in [0.05, 0.1) is 0 Å². The van der Waals surface area contributed by atoms with Crippen molar-refractivity contribution in [3.05, 3.63) is 0 Å². The van der Waals surface area contributed by atoms with Gasteiger partial charge >= 0.3 is 73.1 Å². The average Bonchev–Trinajstić information content (AvgIpc) is 2.28.